The smallest absolute Gasteiger partial charge is 0.227 e. The van der Waals surface area contributed by atoms with Gasteiger partial charge in [0, 0.05) is 18.6 Å². The number of hydrogen-bond acceptors (Lipinski definition) is 2. The Balaban J connectivity index is 2.00. The maximum Gasteiger partial charge on any atom is 0.227 e. The average Bonchev–Trinajstić information content (AvgIpc) is 3.00. The van der Waals surface area contributed by atoms with Gasteiger partial charge in [0.1, 0.15) is 0 Å². The lowest BCUT2D eigenvalue weighted by Crippen LogP contribution is -2.45. The molecular weight excluding hydrogens is 236 g/mol. The fourth-order valence-electron chi connectivity index (χ4n) is 3.50. The molecule has 0 aromatic carbocycles. The summed E-state index contributed by atoms with van der Waals surface area (Å²) < 4.78 is 0. The number of rotatable bonds is 5. The van der Waals surface area contributed by atoms with Gasteiger partial charge in [-0.1, -0.05) is 26.7 Å². The Hall–Kier alpha value is -0.570. The Labute approximate surface area is 118 Å². The minimum Gasteiger partial charge on any atom is -0.339 e. The van der Waals surface area contributed by atoms with E-state index in [9.17, 15) is 4.79 Å². The van der Waals surface area contributed by atoms with E-state index in [1.165, 1.54) is 25.7 Å². The molecule has 0 radical (unpaired) electrons. The van der Waals surface area contributed by atoms with Gasteiger partial charge in [-0.25, -0.2) is 0 Å². The van der Waals surface area contributed by atoms with Gasteiger partial charge in [-0.15, -0.1) is 0 Å². The first-order valence-corrected chi connectivity index (χ1v) is 8.13. The van der Waals surface area contributed by atoms with E-state index in [1.807, 2.05) is 0 Å². The first-order valence-electron chi connectivity index (χ1n) is 8.13. The molecule has 2 rings (SSSR count). The minimum atomic E-state index is 0.216. The van der Waals surface area contributed by atoms with Crippen LogP contribution >= 0.6 is 0 Å². The van der Waals surface area contributed by atoms with Crippen LogP contribution in [0, 0.1) is 11.8 Å². The molecule has 3 heteroatoms. The van der Waals surface area contributed by atoms with Gasteiger partial charge in [-0.05, 0) is 45.1 Å². The van der Waals surface area contributed by atoms with Crippen molar-refractivity contribution in [2.24, 2.45) is 11.8 Å². The van der Waals surface area contributed by atoms with E-state index in [-0.39, 0.29) is 5.92 Å². The molecule has 1 heterocycles. The molecule has 0 aromatic rings. The third-order valence-electron chi connectivity index (χ3n) is 4.84. The van der Waals surface area contributed by atoms with Crippen LogP contribution in [-0.2, 0) is 4.79 Å². The summed E-state index contributed by atoms with van der Waals surface area (Å²) in [5.41, 5.74) is 0. The second kappa shape index (κ2) is 6.74. The van der Waals surface area contributed by atoms with Crippen molar-refractivity contribution < 1.29 is 4.79 Å². The first kappa shape index (κ1) is 14.8. The molecule has 0 bridgehead atoms. The molecule has 0 spiro atoms. The quantitative estimate of drug-likeness (QED) is 0.830. The summed E-state index contributed by atoms with van der Waals surface area (Å²) in [5, 5.41) is 3.41. The van der Waals surface area contributed by atoms with E-state index in [4.69, 9.17) is 0 Å². The normalized spacial score (nSPS) is 28.2. The molecule has 2 atom stereocenters. The zero-order valence-corrected chi connectivity index (χ0v) is 12.8. The number of nitrogens with zero attached hydrogens (tertiary/aromatic N) is 1. The zero-order valence-electron chi connectivity index (χ0n) is 12.8. The summed E-state index contributed by atoms with van der Waals surface area (Å²) in [4.78, 5) is 15.1. The SMILES string of the molecule is CC(C)CCN(C(=O)C1CCNC1C)C1CCCC1. The first-order chi connectivity index (χ1) is 9.09. The molecule has 2 unspecified atom stereocenters. The number of nitrogens with one attached hydrogen (secondary N) is 1. The van der Waals surface area contributed by atoms with Crippen LogP contribution in [0.4, 0.5) is 0 Å². The highest BCUT2D eigenvalue weighted by Crippen LogP contribution is 2.28. The highest BCUT2D eigenvalue weighted by Gasteiger charge is 2.35. The molecule has 1 aliphatic carbocycles. The molecule has 19 heavy (non-hydrogen) atoms. The van der Waals surface area contributed by atoms with Crippen LogP contribution in [0.25, 0.3) is 0 Å². The van der Waals surface area contributed by atoms with Gasteiger partial charge in [-0.2, -0.15) is 0 Å². The predicted octanol–water partition coefficient (Wildman–Crippen LogP) is 2.80. The van der Waals surface area contributed by atoms with Gasteiger partial charge in [0.2, 0.25) is 5.91 Å². The summed E-state index contributed by atoms with van der Waals surface area (Å²) in [7, 11) is 0. The van der Waals surface area contributed by atoms with Gasteiger partial charge in [-0.3, -0.25) is 4.79 Å². The largest absolute Gasteiger partial charge is 0.339 e. The van der Waals surface area contributed by atoms with E-state index in [0.29, 0.717) is 23.9 Å². The van der Waals surface area contributed by atoms with Gasteiger partial charge in [0.15, 0.2) is 0 Å². The number of carbonyl (C=O) groups excluding carboxylic acids is 1. The highest BCUT2D eigenvalue weighted by molar-refractivity contribution is 5.80. The molecular formula is C16H30N2O. The van der Waals surface area contributed by atoms with Crippen molar-refractivity contribution in [3.8, 4) is 0 Å². The maximum atomic E-state index is 12.8. The molecule has 1 saturated carbocycles. The Morgan fingerprint density at radius 2 is 1.95 bits per heavy atom. The Morgan fingerprint density at radius 3 is 2.47 bits per heavy atom. The lowest BCUT2D eigenvalue weighted by atomic mass is 9.98. The topological polar surface area (TPSA) is 32.3 Å². The molecule has 1 N–H and O–H groups in total. The summed E-state index contributed by atoms with van der Waals surface area (Å²) in [5.74, 6) is 1.31. The van der Waals surface area contributed by atoms with Crippen molar-refractivity contribution in [2.45, 2.75) is 71.4 Å². The van der Waals surface area contributed by atoms with E-state index < -0.39 is 0 Å². The monoisotopic (exact) mass is 266 g/mol. The third kappa shape index (κ3) is 3.71. The summed E-state index contributed by atoms with van der Waals surface area (Å²) in [6, 6.07) is 0.884. The van der Waals surface area contributed by atoms with Crippen LogP contribution in [0.15, 0.2) is 0 Å². The minimum absolute atomic E-state index is 0.216. The highest BCUT2D eigenvalue weighted by atomic mass is 16.2. The van der Waals surface area contributed by atoms with E-state index in [0.717, 1.165) is 25.9 Å². The zero-order chi connectivity index (χ0) is 13.8. The predicted molar refractivity (Wildman–Crippen MR) is 79.0 cm³/mol. The standard InChI is InChI=1S/C16H30N2O/c1-12(2)9-11-18(14-6-4-5-7-14)16(19)15-8-10-17-13(15)3/h12-15,17H,4-11H2,1-3H3. The fraction of sp³-hybridized carbons (Fsp3) is 0.938. The second-order valence-electron chi connectivity index (χ2n) is 6.79. The maximum absolute atomic E-state index is 12.8. The van der Waals surface area contributed by atoms with Gasteiger partial charge in [0.05, 0.1) is 5.92 Å². The molecule has 1 aliphatic heterocycles. The van der Waals surface area contributed by atoms with Crippen molar-refractivity contribution in [1.29, 1.82) is 0 Å². The second-order valence-corrected chi connectivity index (χ2v) is 6.79. The number of amides is 1. The van der Waals surface area contributed by atoms with Crippen LogP contribution in [0.3, 0.4) is 0 Å². The molecule has 110 valence electrons. The molecule has 3 nitrogen and oxygen atoms in total. The Bertz CT molecular complexity index is 297. The average molecular weight is 266 g/mol. The molecule has 2 aliphatic rings. The van der Waals surface area contributed by atoms with Crippen molar-refractivity contribution in [3.05, 3.63) is 0 Å². The van der Waals surface area contributed by atoms with Crippen LogP contribution < -0.4 is 5.32 Å². The number of carbonyl (C=O) groups is 1. The van der Waals surface area contributed by atoms with Crippen molar-refractivity contribution in [2.75, 3.05) is 13.1 Å². The molecule has 0 aromatic heterocycles. The van der Waals surface area contributed by atoms with E-state index >= 15 is 0 Å². The summed E-state index contributed by atoms with van der Waals surface area (Å²) >= 11 is 0. The lowest BCUT2D eigenvalue weighted by molar-refractivity contribution is -0.138. The van der Waals surface area contributed by atoms with Gasteiger partial charge in [0.25, 0.3) is 0 Å². The molecule has 1 amide bonds. The van der Waals surface area contributed by atoms with Crippen molar-refractivity contribution in [1.82, 2.24) is 10.2 Å². The molecule has 1 saturated heterocycles. The summed E-state index contributed by atoms with van der Waals surface area (Å²) in [6.45, 7) is 8.61. The van der Waals surface area contributed by atoms with Gasteiger partial charge < -0.3 is 10.2 Å². The molecule has 2 fully saturated rings. The van der Waals surface area contributed by atoms with Gasteiger partial charge >= 0.3 is 0 Å². The number of hydrogen-bond donors (Lipinski definition) is 1. The van der Waals surface area contributed by atoms with Crippen LogP contribution in [-0.4, -0.2) is 36.0 Å². The van der Waals surface area contributed by atoms with Crippen molar-refractivity contribution >= 4 is 5.91 Å². The third-order valence-corrected chi connectivity index (χ3v) is 4.84. The van der Waals surface area contributed by atoms with Crippen LogP contribution in [0.1, 0.15) is 59.3 Å². The van der Waals surface area contributed by atoms with E-state index in [1.54, 1.807) is 0 Å². The van der Waals surface area contributed by atoms with Crippen LogP contribution in [0.2, 0.25) is 0 Å². The van der Waals surface area contributed by atoms with E-state index in [2.05, 4.69) is 31.0 Å². The Morgan fingerprint density at radius 1 is 1.26 bits per heavy atom. The Kier molecular flexibility index (Phi) is 5.26. The van der Waals surface area contributed by atoms with Crippen LogP contribution in [0.5, 0.6) is 0 Å². The summed E-state index contributed by atoms with van der Waals surface area (Å²) in [6.07, 6.45) is 7.20. The van der Waals surface area contributed by atoms with Crippen molar-refractivity contribution in [3.63, 3.8) is 0 Å². The fourth-order valence-corrected chi connectivity index (χ4v) is 3.50. The lowest BCUT2D eigenvalue weighted by Gasteiger charge is -2.33.